The standard InChI is InChI=1S/2C12H13.2ClH.Zr/c2*1-9(2)11-8-7-10-5-3-4-6-12(10)11;;;/h2*3-7,9,11H,1-2H3;2*1H;/q2*-1;;;+4/p-2. The predicted molar refractivity (Wildman–Crippen MR) is 115 cm³/mol. The van der Waals surface area contributed by atoms with E-state index in [2.05, 4.69) is 101 Å². The summed E-state index contributed by atoms with van der Waals surface area (Å²) < 4.78 is 0. The van der Waals surface area contributed by atoms with Crippen LogP contribution >= 0.6 is 17.0 Å². The molecule has 2 unspecified atom stereocenters. The maximum atomic E-state index is 4.93. The van der Waals surface area contributed by atoms with Crippen LogP contribution in [0.5, 0.6) is 0 Å². The molecule has 2 aliphatic rings. The van der Waals surface area contributed by atoms with Crippen LogP contribution in [-0.4, -0.2) is 0 Å². The zero-order chi connectivity index (χ0) is 19.8. The average Bonchev–Trinajstić information content (AvgIpc) is 3.27. The van der Waals surface area contributed by atoms with E-state index in [9.17, 15) is 0 Å². The molecule has 0 saturated carbocycles. The van der Waals surface area contributed by atoms with Crippen molar-refractivity contribution in [3.05, 3.63) is 82.9 Å². The second kappa shape index (κ2) is 11.4. The Morgan fingerprint density at radius 3 is 1.37 bits per heavy atom. The van der Waals surface area contributed by atoms with Crippen molar-refractivity contribution in [2.45, 2.75) is 39.5 Å². The molecule has 0 aromatic heterocycles. The van der Waals surface area contributed by atoms with E-state index in [0.717, 1.165) is 0 Å². The van der Waals surface area contributed by atoms with Crippen LogP contribution in [0.2, 0.25) is 0 Å². The number of benzene rings is 2. The summed E-state index contributed by atoms with van der Waals surface area (Å²) in [6.07, 6.45) is 11.0. The van der Waals surface area contributed by atoms with Gasteiger partial charge in [0.05, 0.1) is 0 Å². The number of hydrogen-bond donors (Lipinski definition) is 0. The molecule has 0 radical (unpaired) electrons. The van der Waals surface area contributed by atoms with Crippen LogP contribution in [-0.2, 0) is 20.8 Å². The summed E-state index contributed by atoms with van der Waals surface area (Å²) >= 11 is -0.826. The molecule has 0 saturated heterocycles. The van der Waals surface area contributed by atoms with Gasteiger partial charge in [-0.2, -0.15) is 11.1 Å². The zero-order valence-electron chi connectivity index (χ0n) is 16.3. The first-order valence-corrected chi connectivity index (χ1v) is 15.6. The van der Waals surface area contributed by atoms with Crippen molar-refractivity contribution in [3.63, 3.8) is 0 Å². The number of allylic oxidation sites excluding steroid dienone is 2. The molecule has 2 aromatic carbocycles. The first kappa shape index (κ1) is 22.7. The van der Waals surface area contributed by atoms with E-state index >= 15 is 0 Å². The van der Waals surface area contributed by atoms with Gasteiger partial charge in [0.25, 0.3) is 0 Å². The van der Waals surface area contributed by atoms with Crippen LogP contribution in [0.25, 0.3) is 12.2 Å². The van der Waals surface area contributed by atoms with E-state index in [1.165, 1.54) is 22.3 Å². The van der Waals surface area contributed by atoms with Gasteiger partial charge in [-0.25, -0.2) is 12.2 Å². The molecular weight excluding hydrogens is 450 g/mol. The second-order valence-electron chi connectivity index (χ2n) is 7.39. The van der Waals surface area contributed by atoms with Crippen LogP contribution < -0.4 is 0 Å². The monoisotopic (exact) mass is 474 g/mol. The van der Waals surface area contributed by atoms with E-state index in [4.69, 9.17) is 17.0 Å². The fourth-order valence-electron chi connectivity index (χ4n) is 3.49. The summed E-state index contributed by atoms with van der Waals surface area (Å²) in [7, 11) is 9.87. The molecule has 27 heavy (non-hydrogen) atoms. The first-order valence-electron chi connectivity index (χ1n) is 9.32. The molecular formula is C24H26Cl2Zr. The Morgan fingerprint density at radius 2 is 1.04 bits per heavy atom. The molecule has 4 rings (SSSR count). The first-order chi connectivity index (χ1) is 13.0. The zero-order valence-corrected chi connectivity index (χ0v) is 20.3. The topological polar surface area (TPSA) is 0 Å². The molecule has 2 atom stereocenters. The third kappa shape index (κ3) is 6.18. The molecule has 0 spiro atoms. The molecule has 2 aromatic rings. The van der Waals surface area contributed by atoms with Gasteiger partial charge < -0.3 is 0 Å². The van der Waals surface area contributed by atoms with Crippen molar-refractivity contribution in [1.82, 2.24) is 0 Å². The van der Waals surface area contributed by atoms with Crippen LogP contribution in [0.3, 0.4) is 0 Å². The Hall–Kier alpha value is -0.617. The van der Waals surface area contributed by atoms with Gasteiger partial charge in [0.1, 0.15) is 0 Å². The maximum absolute atomic E-state index is 4.93. The van der Waals surface area contributed by atoms with Crippen molar-refractivity contribution in [2.75, 3.05) is 0 Å². The number of hydrogen-bond acceptors (Lipinski definition) is 0. The molecule has 0 nitrogen and oxygen atoms in total. The third-order valence-corrected chi connectivity index (χ3v) is 4.83. The van der Waals surface area contributed by atoms with Crippen molar-refractivity contribution >= 4 is 29.2 Å². The summed E-state index contributed by atoms with van der Waals surface area (Å²) in [6.45, 7) is 8.97. The SMILES string of the molecule is CC(C)C1[C-]=Cc2ccccc21.CC(C)C1[C-]=Cc2ccccc21.[Cl][Zr+2][Cl]. The summed E-state index contributed by atoms with van der Waals surface area (Å²) in [5.41, 5.74) is 5.56. The van der Waals surface area contributed by atoms with E-state index in [0.29, 0.717) is 23.7 Å². The predicted octanol–water partition coefficient (Wildman–Crippen LogP) is 7.89. The Labute approximate surface area is 183 Å². The van der Waals surface area contributed by atoms with Gasteiger partial charge in [-0.15, -0.1) is 23.3 Å². The van der Waals surface area contributed by atoms with Gasteiger partial charge in [-0.1, -0.05) is 87.8 Å². The molecule has 0 bridgehead atoms. The minimum atomic E-state index is -0.826. The van der Waals surface area contributed by atoms with Crippen LogP contribution in [0.15, 0.2) is 48.5 Å². The quantitative estimate of drug-likeness (QED) is 0.387. The Bertz CT molecular complexity index is 712. The fourth-order valence-corrected chi connectivity index (χ4v) is 3.49. The van der Waals surface area contributed by atoms with Crippen molar-refractivity contribution in [3.8, 4) is 0 Å². The molecule has 140 valence electrons. The number of fused-ring (bicyclic) bond motifs is 2. The molecule has 0 heterocycles. The van der Waals surface area contributed by atoms with E-state index in [1.54, 1.807) is 0 Å². The number of rotatable bonds is 2. The van der Waals surface area contributed by atoms with Crippen molar-refractivity contribution in [1.29, 1.82) is 0 Å². The summed E-state index contributed by atoms with van der Waals surface area (Å²) in [5, 5.41) is 0. The summed E-state index contributed by atoms with van der Waals surface area (Å²) in [5.74, 6) is 2.34. The second-order valence-corrected chi connectivity index (χ2v) is 11.1. The Morgan fingerprint density at radius 1 is 0.704 bits per heavy atom. The molecule has 2 aliphatic carbocycles. The Kier molecular flexibility index (Phi) is 9.57. The van der Waals surface area contributed by atoms with Crippen LogP contribution in [0.4, 0.5) is 0 Å². The normalized spacial score (nSPS) is 18.2. The van der Waals surface area contributed by atoms with Crippen LogP contribution in [0.1, 0.15) is 61.8 Å². The van der Waals surface area contributed by atoms with E-state index in [-0.39, 0.29) is 0 Å². The molecule has 0 fully saturated rings. The molecule has 0 amide bonds. The van der Waals surface area contributed by atoms with E-state index < -0.39 is 20.8 Å². The van der Waals surface area contributed by atoms with Crippen molar-refractivity contribution in [2.24, 2.45) is 11.8 Å². The molecule has 0 aliphatic heterocycles. The summed E-state index contributed by atoms with van der Waals surface area (Å²) in [6, 6.07) is 17.1. The minimum absolute atomic E-state index is 0.515. The van der Waals surface area contributed by atoms with Gasteiger partial charge in [-0.3, -0.25) is 12.2 Å². The van der Waals surface area contributed by atoms with Crippen LogP contribution in [0, 0.1) is 24.0 Å². The van der Waals surface area contributed by atoms with Gasteiger partial charge >= 0.3 is 37.9 Å². The molecule has 3 heteroatoms. The van der Waals surface area contributed by atoms with Gasteiger partial charge in [0.2, 0.25) is 0 Å². The van der Waals surface area contributed by atoms with Crippen molar-refractivity contribution < 1.29 is 20.8 Å². The van der Waals surface area contributed by atoms with E-state index in [1.807, 2.05) is 0 Å². The summed E-state index contributed by atoms with van der Waals surface area (Å²) in [4.78, 5) is 0. The van der Waals surface area contributed by atoms with Gasteiger partial charge in [0, 0.05) is 0 Å². The van der Waals surface area contributed by atoms with Gasteiger partial charge in [0.15, 0.2) is 0 Å². The van der Waals surface area contributed by atoms with Gasteiger partial charge in [-0.05, 0) is 0 Å². The average molecular weight is 477 g/mol. The third-order valence-electron chi connectivity index (χ3n) is 4.83. The fraction of sp³-hybridized carbons (Fsp3) is 0.333. The number of halogens is 2. The molecule has 0 N–H and O–H groups in total. The Balaban J connectivity index is 0.000000170.